The summed E-state index contributed by atoms with van der Waals surface area (Å²) in [7, 11) is 0. The number of hydrogen-bond acceptors (Lipinski definition) is 2. The summed E-state index contributed by atoms with van der Waals surface area (Å²) in [6.45, 7) is 2.19. The molecule has 2 rings (SSSR count). The van der Waals surface area contributed by atoms with E-state index in [4.69, 9.17) is 4.74 Å². The van der Waals surface area contributed by atoms with Crippen LogP contribution in [0.15, 0.2) is 54.6 Å². The second-order valence-electron chi connectivity index (χ2n) is 5.50. The lowest BCUT2D eigenvalue weighted by Gasteiger charge is -2.10. The molecule has 0 fully saturated rings. The van der Waals surface area contributed by atoms with Crippen molar-refractivity contribution in [2.24, 2.45) is 0 Å². The van der Waals surface area contributed by atoms with E-state index < -0.39 is 0 Å². The molecule has 116 valence electrons. The molecule has 0 aliphatic heterocycles. The van der Waals surface area contributed by atoms with Crippen LogP contribution in [0.3, 0.4) is 0 Å². The van der Waals surface area contributed by atoms with Crippen molar-refractivity contribution in [2.75, 3.05) is 0 Å². The largest absolute Gasteiger partial charge is 0.426 e. The van der Waals surface area contributed by atoms with Crippen molar-refractivity contribution in [1.82, 2.24) is 0 Å². The van der Waals surface area contributed by atoms with Gasteiger partial charge in [0.15, 0.2) is 0 Å². The van der Waals surface area contributed by atoms with E-state index in [0.29, 0.717) is 12.2 Å². The third-order valence-electron chi connectivity index (χ3n) is 3.68. The highest BCUT2D eigenvalue weighted by molar-refractivity contribution is 5.77. The van der Waals surface area contributed by atoms with Crippen LogP contribution in [-0.4, -0.2) is 5.97 Å². The van der Waals surface area contributed by atoms with Crippen molar-refractivity contribution in [1.29, 1.82) is 0 Å². The molecule has 0 saturated heterocycles. The van der Waals surface area contributed by atoms with E-state index in [1.54, 1.807) is 0 Å². The zero-order valence-electron chi connectivity index (χ0n) is 13.3. The maximum atomic E-state index is 12.0. The average molecular weight is 296 g/mol. The third kappa shape index (κ3) is 5.03. The van der Waals surface area contributed by atoms with Gasteiger partial charge < -0.3 is 4.74 Å². The molecule has 0 aliphatic carbocycles. The van der Waals surface area contributed by atoms with E-state index in [-0.39, 0.29) is 5.97 Å². The highest BCUT2D eigenvalue weighted by Gasteiger charge is 2.10. The number of benzene rings is 2. The van der Waals surface area contributed by atoms with E-state index in [1.165, 1.54) is 19.3 Å². The SMILES string of the molecule is CCCCCCCC(=O)Oc1ccccc1-c1ccccc1. The summed E-state index contributed by atoms with van der Waals surface area (Å²) >= 11 is 0. The number of ether oxygens (including phenoxy) is 1. The molecule has 0 saturated carbocycles. The molecule has 0 aliphatic rings. The molecule has 0 unspecified atom stereocenters. The lowest BCUT2D eigenvalue weighted by Crippen LogP contribution is -2.08. The first kappa shape index (κ1) is 16.3. The minimum atomic E-state index is -0.139. The van der Waals surface area contributed by atoms with Gasteiger partial charge >= 0.3 is 5.97 Å². The maximum absolute atomic E-state index is 12.0. The number of hydrogen-bond donors (Lipinski definition) is 0. The van der Waals surface area contributed by atoms with E-state index >= 15 is 0 Å². The van der Waals surface area contributed by atoms with Gasteiger partial charge in [0, 0.05) is 12.0 Å². The van der Waals surface area contributed by atoms with Gasteiger partial charge in [0.2, 0.25) is 0 Å². The molecule has 0 bridgehead atoms. The van der Waals surface area contributed by atoms with Crippen LogP contribution >= 0.6 is 0 Å². The Morgan fingerprint density at radius 3 is 2.32 bits per heavy atom. The minimum absolute atomic E-state index is 0.139. The van der Waals surface area contributed by atoms with Crippen LogP contribution in [0.25, 0.3) is 11.1 Å². The molecule has 2 aromatic carbocycles. The first-order chi connectivity index (χ1) is 10.8. The zero-order chi connectivity index (χ0) is 15.6. The smallest absolute Gasteiger partial charge is 0.311 e. The Balaban J connectivity index is 1.94. The van der Waals surface area contributed by atoms with Gasteiger partial charge in [0.25, 0.3) is 0 Å². The van der Waals surface area contributed by atoms with E-state index in [9.17, 15) is 4.79 Å². The number of carbonyl (C=O) groups is 1. The van der Waals surface area contributed by atoms with Gasteiger partial charge in [-0.3, -0.25) is 4.79 Å². The Morgan fingerprint density at radius 2 is 1.55 bits per heavy atom. The van der Waals surface area contributed by atoms with Gasteiger partial charge in [0.1, 0.15) is 5.75 Å². The number of rotatable bonds is 8. The van der Waals surface area contributed by atoms with Crippen LogP contribution in [0.1, 0.15) is 45.4 Å². The summed E-state index contributed by atoms with van der Waals surface area (Å²) in [4.78, 5) is 12.0. The van der Waals surface area contributed by atoms with Crippen molar-refractivity contribution < 1.29 is 9.53 Å². The van der Waals surface area contributed by atoms with Crippen molar-refractivity contribution in [3.63, 3.8) is 0 Å². The summed E-state index contributed by atoms with van der Waals surface area (Å²) in [5.41, 5.74) is 2.02. The Labute approximate surface area is 133 Å². The predicted octanol–water partition coefficient (Wildman–Crippen LogP) is 5.62. The molecule has 2 heteroatoms. The van der Waals surface area contributed by atoms with Crippen LogP contribution in [0.2, 0.25) is 0 Å². The summed E-state index contributed by atoms with van der Waals surface area (Å²) in [6, 6.07) is 17.7. The molecule has 0 amide bonds. The van der Waals surface area contributed by atoms with E-state index in [2.05, 4.69) is 6.92 Å². The van der Waals surface area contributed by atoms with Crippen molar-refractivity contribution in [3.05, 3.63) is 54.6 Å². The van der Waals surface area contributed by atoms with Crippen molar-refractivity contribution >= 4 is 5.97 Å². The van der Waals surface area contributed by atoms with Gasteiger partial charge in [-0.2, -0.15) is 0 Å². The van der Waals surface area contributed by atoms with Gasteiger partial charge in [-0.05, 0) is 18.1 Å². The molecule has 0 spiro atoms. The molecule has 0 radical (unpaired) electrons. The van der Waals surface area contributed by atoms with Crippen LogP contribution in [-0.2, 0) is 4.79 Å². The fourth-order valence-electron chi connectivity index (χ4n) is 2.46. The summed E-state index contributed by atoms with van der Waals surface area (Å²) in [5.74, 6) is 0.507. The second-order valence-corrected chi connectivity index (χ2v) is 5.50. The van der Waals surface area contributed by atoms with Crippen LogP contribution in [0.5, 0.6) is 5.75 Å². The summed E-state index contributed by atoms with van der Waals surface area (Å²) < 4.78 is 5.57. The first-order valence-electron chi connectivity index (χ1n) is 8.16. The average Bonchev–Trinajstić information content (AvgIpc) is 2.56. The second kappa shape index (κ2) is 9.04. The molecule has 0 aromatic heterocycles. The molecule has 0 atom stereocenters. The summed E-state index contributed by atoms with van der Waals surface area (Å²) in [5, 5.41) is 0. The molecular weight excluding hydrogens is 272 g/mol. The molecule has 2 aromatic rings. The Kier molecular flexibility index (Phi) is 6.69. The lowest BCUT2D eigenvalue weighted by atomic mass is 10.0. The predicted molar refractivity (Wildman–Crippen MR) is 90.9 cm³/mol. The first-order valence-corrected chi connectivity index (χ1v) is 8.16. The highest BCUT2D eigenvalue weighted by atomic mass is 16.5. The summed E-state index contributed by atoms with van der Waals surface area (Å²) in [6.07, 6.45) is 6.16. The molecular formula is C20H24O2. The molecule has 2 nitrogen and oxygen atoms in total. The Morgan fingerprint density at radius 1 is 0.864 bits per heavy atom. The number of unbranched alkanes of at least 4 members (excludes halogenated alkanes) is 4. The monoisotopic (exact) mass is 296 g/mol. The molecule has 22 heavy (non-hydrogen) atoms. The quantitative estimate of drug-likeness (QED) is 0.359. The standard InChI is InChI=1S/C20H24O2/c1-2-3-4-5-9-16-20(21)22-19-15-11-10-14-18(19)17-12-7-6-8-13-17/h6-8,10-15H,2-5,9,16H2,1H3. The topological polar surface area (TPSA) is 26.3 Å². The highest BCUT2D eigenvalue weighted by Crippen LogP contribution is 2.29. The number of para-hydroxylation sites is 1. The fourth-order valence-corrected chi connectivity index (χ4v) is 2.46. The Bertz CT molecular complexity index is 575. The van der Waals surface area contributed by atoms with Crippen molar-refractivity contribution in [3.8, 4) is 16.9 Å². The van der Waals surface area contributed by atoms with E-state index in [1.807, 2.05) is 54.6 Å². The van der Waals surface area contributed by atoms with Crippen LogP contribution in [0.4, 0.5) is 0 Å². The van der Waals surface area contributed by atoms with Gasteiger partial charge in [-0.25, -0.2) is 0 Å². The Hall–Kier alpha value is -2.09. The minimum Gasteiger partial charge on any atom is -0.426 e. The fraction of sp³-hybridized carbons (Fsp3) is 0.350. The zero-order valence-corrected chi connectivity index (χ0v) is 13.3. The van der Waals surface area contributed by atoms with E-state index in [0.717, 1.165) is 24.0 Å². The van der Waals surface area contributed by atoms with Gasteiger partial charge in [-0.15, -0.1) is 0 Å². The van der Waals surface area contributed by atoms with Gasteiger partial charge in [-0.1, -0.05) is 81.1 Å². The van der Waals surface area contributed by atoms with Crippen LogP contribution in [0, 0.1) is 0 Å². The maximum Gasteiger partial charge on any atom is 0.311 e. The third-order valence-corrected chi connectivity index (χ3v) is 3.68. The van der Waals surface area contributed by atoms with Gasteiger partial charge in [0.05, 0.1) is 0 Å². The molecule has 0 N–H and O–H groups in total. The lowest BCUT2D eigenvalue weighted by molar-refractivity contribution is -0.134. The molecule has 0 heterocycles. The normalized spacial score (nSPS) is 10.4. The number of esters is 1. The van der Waals surface area contributed by atoms with Crippen molar-refractivity contribution in [2.45, 2.75) is 45.4 Å². The van der Waals surface area contributed by atoms with Crippen LogP contribution < -0.4 is 4.74 Å². The number of carbonyl (C=O) groups excluding carboxylic acids is 1.